The fourth-order valence-corrected chi connectivity index (χ4v) is 2.51. The molecule has 0 amide bonds. The first-order chi connectivity index (χ1) is 9.10. The van der Waals surface area contributed by atoms with E-state index in [9.17, 15) is 0 Å². The standard InChI is InChI=1S/C14H18BrN3O/c1-9-14(15)10(2)18(17-9)12(8-16)11-6-4-5-7-13(11)19-3/h4-7,12H,8,16H2,1-3H3. The molecular weight excluding hydrogens is 306 g/mol. The Balaban J connectivity index is 2.53. The van der Waals surface area contributed by atoms with Crippen molar-refractivity contribution in [2.75, 3.05) is 13.7 Å². The molecule has 1 aromatic heterocycles. The van der Waals surface area contributed by atoms with Gasteiger partial charge in [-0.3, -0.25) is 4.68 Å². The molecule has 1 atom stereocenters. The lowest BCUT2D eigenvalue weighted by atomic mass is 10.1. The zero-order valence-electron chi connectivity index (χ0n) is 11.4. The maximum atomic E-state index is 5.96. The highest BCUT2D eigenvalue weighted by molar-refractivity contribution is 9.10. The maximum absolute atomic E-state index is 5.96. The Hall–Kier alpha value is -1.33. The van der Waals surface area contributed by atoms with Gasteiger partial charge in [-0.1, -0.05) is 18.2 Å². The van der Waals surface area contributed by atoms with Gasteiger partial charge in [-0.15, -0.1) is 0 Å². The summed E-state index contributed by atoms with van der Waals surface area (Å²) in [6.07, 6.45) is 0. The first kappa shape index (κ1) is 14.1. The summed E-state index contributed by atoms with van der Waals surface area (Å²) in [5.41, 5.74) is 9.04. The van der Waals surface area contributed by atoms with Gasteiger partial charge in [0.15, 0.2) is 0 Å². The van der Waals surface area contributed by atoms with Crippen LogP contribution in [0.1, 0.15) is 23.0 Å². The molecule has 0 saturated heterocycles. The minimum Gasteiger partial charge on any atom is -0.496 e. The Labute approximate surface area is 121 Å². The number of methoxy groups -OCH3 is 1. The van der Waals surface area contributed by atoms with E-state index in [1.54, 1.807) is 7.11 Å². The molecule has 4 nitrogen and oxygen atoms in total. The molecule has 5 heteroatoms. The van der Waals surface area contributed by atoms with Crippen molar-refractivity contribution >= 4 is 15.9 Å². The monoisotopic (exact) mass is 323 g/mol. The molecule has 1 heterocycles. The number of nitrogens with two attached hydrogens (primary N) is 1. The van der Waals surface area contributed by atoms with Crippen LogP contribution in [0.2, 0.25) is 0 Å². The van der Waals surface area contributed by atoms with E-state index >= 15 is 0 Å². The predicted octanol–water partition coefficient (Wildman–Crippen LogP) is 2.82. The van der Waals surface area contributed by atoms with Crippen molar-refractivity contribution < 1.29 is 4.74 Å². The lowest BCUT2D eigenvalue weighted by molar-refractivity contribution is 0.397. The van der Waals surface area contributed by atoms with E-state index in [2.05, 4.69) is 21.0 Å². The van der Waals surface area contributed by atoms with Gasteiger partial charge >= 0.3 is 0 Å². The molecule has 102 valence electrons. The van der Waals surface area contributed by atoms with E-state index in [0.29, 0.717) is 6.54 Å². The largest absolute Gasteiger partial charge is 0.496 e. The molecular formula is C14H18BrN3O. The minimum absolute atomic E-state index is 0.0267. The van der Waals surface area contributed by atoms with Crippen LogP contribution in [0.15, 0.2) is 28.7 Å². The smallest absolute Gasteiger partial charge is 0.124 e. The van der Waals surface area contributed by atoms with E-state index in [1.807, 2.05) is 42.8 Å². The molecule has 2 rings (SSSR count). The fraction of sp³-hybridized carbons (Fsp3) is 0.357. The molecule has 0 bridgehead atoms. The zero-order chi connectivity index (χ0) is 14.0. The van der Waals surface area contributed by atoms with Crippen LogP contribution >= 0.6 is 15.9 Å². The van der Waals surface area contributed by atoms with Crippen LogP contribution in [0.25, 0.3) is 0 Å². The Bertz CT molecular complexity index is 580. The van der Waals surface area contributed by atoms with Gasteiger partial charge in [-0.2, -0.15) is 5.10 Å². The van der Waals surface area contributed by atoms with E-state index in [0.717, 1.165) is 27.2 Å². The maximum Gasteiger partial charge on any atom is 0.124 e. The van der Waals surface area contributed by atoms with E-state index < -0.39 is 0 Å². The highest BCUT2D eigenvalue weighted by Crippen LogP contribution is 2.30. The van der Waals surface area contributed by atoms with Crippen LogP contribution in [0.4, 0.5) is 0 Å². The van der Waals surface area contributed by atoms with Crippen LogP contribution < -0.4 is 10.5 Å². The van der Waals surface area contributed by atoms with Gasteiger partial charge in [0.05, 0.1) is 29.0 Å². The molecule has 2 aromatic rings. The van der Waals surface area contributed by atoms with Crippen LogP contribution in [0, 0.1) is 13.8 Å². The van der Waals surface area contributed by atoms with E-state index in [-0.39, 0.29) is 6.04 Å². The van der Waals surface area contributed by atoms with Gasteiger partial charge in [0.2, 0.25) is 0 Å². The third-order valence-electron chi connectivity index (χ3n) is 3.25. The van der Waals surface area contributed by atoms with Gasteiger partial charge < -0.3 is 10.5 Å². The summed E-state index contributed by atoms with van der Waals surface area (Å²) in [5, 5.41) is 4.57. The zero-order valence-corrected chi connectivity index (χ0v) is 12.9. The van der Waals surface area contributed by atoms with Gasteiger partial charge in [0.25, 0.3) is 0 Å². The van der Waals surface area contributed by atoms with Gasteiger partial charge in [0.1, 0.15) is 5.75 Å². The lowest BCUT2D eigenvalue weighted by Crippen LogP contribution is -2.23. The number of aryl methyl sites for hydroxylation is 1. The van der Waals surface area contributed by atoms with Crippen molar-refractivity contribution in [3.63, 3.8) is 0 Å². The summed E-state index contributed by atoms with van der Waals surface area (Å²) in [6.45, 7) is 4.47. The average Bonchev–Trinajstić information content (AvgIpc) is 2.68. The molecule has 0 saturated carbocycles. The Morgan fingerprint density at radius 1 is 1.37 bits per heavy atom. The second kappa shape index (κ2) is 5.75. The summed E-state index contributed by atoms with van der Waals surface area (Å²) in [5.74, 6) is 0.835. The van der Waals surface area contributed by atoms with Crippen LogP contribution in [0.5, 0.6) is 5.75 Å². The normalized spacial score (nSPS) is 12.5. The van der Waals surface area contributed by atoms with Gasteiger partial charge in [-0.05, 0) is 35.8 Å². The third-order valence-corrected chi connectivity index (χ3v) is 4.40. The SMILES string of the molecule is COc1ccccc1C(CN)n1nc(C)c(Br)c1C. The molecule has 0 fully saturated rings. The summed E-state index contributed by atoms with van der Waals surface area (Å²) < 4.78 is 8.40. The lowest BCUT2D eigenvalue weighted by Gasteiger charge is -2.20. The van der Waals surface area contributed by atoms with Crippen LogP contribution in [-0.2, 0) is 0 Å². The van der Waals surface area contributed by atoms with Crippen molar-refractivity contribution in [2.45, 2.75) is 19.9 Å². The van der Waals surface area contributed by atoms with Crippen molar-refractivity contribution in [2.24, 2.45) is 5.73 Å². The van der Waals surface area contributed by atoms with Crippen molar-refractivity contribution in [1.29, 1.82) is 0 Å². The molecule has 0 spiro atoms. The van der Waals surface area contributed by atoms with Crippen LogP contribution in [0.3, 0.4) is 0 Å². The second-order valence-electron chi connectivity index (χ2n) is 4.42. The first-order valence-electron chi connectivity index (χ1n) is 6.14. The second-order valence-corrected chi connectivity index (χ2v) is 5.22. The number of ether oxygens (including phenoxy) is 1. The number of benzene rings is 1. The summed E-state index contributed by atoms with van der Waals surface area (Å²) in [6, 6.07) is 7.88. The Morgan fingerprint density at radius 2 is 2.05 bits per heavy atom. The predicted molar refractivity (Wildman–Crippen MR) is 79.6 cm³/mol. The minimum atomic E-state index is -0.0267. The highest BCUT2D eigenvalue weighted by Gasteiger charge is 2.21. The van der Waals surface area contributed by atoms with Crippen molar-refractivity contribution in [3.8, 4) is 5.75 Å². The van der Waals surface area contributed by atoms with E-state index in [1.165, 1.54) is 0 Å². The molecule has 1 unspecified atom stereocenters. The number of hydrogen-bond acceptors (Lipinski definition) is 3. The number of aromatic nitrogens is 2. The van der Waals surface area contributed by atoms with Gasteiger partial charge in [-0.25, -0.2) is 0 Å². The third kappa shape index (κ3) is 2.53. The number of halogens is 1. The van der Waals surface area contributed by atoms with Crippen LogP contribution in [-0.4, -0.2) is 23.4 Å². The molecule has 0 aliphatic heterocycles. The summed E-state index contributed by atoms with van der Waals surface area (Å²) in [4.78, 5) is 0. The highest BCUT2D eigenvalue weighted by atomic mass is 79.9. The molecule has 19 heavy (non-hydrogen) atoms. The number of para-hydroxylation sites is 1. The fourth-order valence-electron chi connectivity index (χ4n) is 2.25. The first-order valence-corrected chi connectivity index (χ1v) is 6.93. The quantitative estimate of drug-likeness (QED) is 0.941. The summed E-state index contributed by atoms with van der Waals surface area (Å²) in [7, 11) is 1.67. The number of hydrogen-bond donors (Lipinski definition) is 1. The van der Waals surface area contributed by atoms with E-state index in [4.69, 9.17) is 10.5 Å². The molecule has 1 aromatic carbocycles. The number of rotatable bonds is 4. The Morgan fingerprint density at radius 3 is 2.58 bits per heavy atom. The molecule has 0 radical (unpaired) electrons. The number of nitrogens with zero attached hydrogens (tertiary/aromatic N) is 2. The topological polar surface area (TPSA) is 53.1 Å². The molecule has 0 aliphatic carbocycles. The van der Waals surface area contributed by atoms with Crippen molar-refractivity contribution in [3.05, 3.63) is 45.7 Å². The molecule has 0 aliphatic rings. The average molecular weight is 324 g/mol. The van der Waals surface area contributed by atoms with Gasteiger partial charge in [0, 0.05) is 12.1 Å². The molecule has 2 N–H and O–H groups in total. The van der Waals surface area contributed by atoms with Crippen molar-refractivity contribution in [1.82, 2.24) is 9.78 Å². The summed E-state index contributed by atoms with van der Waals surface area (Å²) >= 11 is 3.55. The Kier molecular flexibility index (Phi) is 4.27.